The van der Waals surface area contributed by atoms with E-state index < -0.39 is 0 Å². The van der Waals surface area contributed by atoms with Gasteiger partial charge in [0.2, 0.25) is 0 Å². The minimum Gasteiger partial charge on any atom is -0.330 e. The molecule has 4 heteroatoms. The Kier molecular flexibility index (Phi) is 4.42. The molecule has 0 saturated carbocycles. The molecule has 0 fully saturated rings. The lowest BCUT2D eigenvalue weighted by Crippen LogP contribution is -2.04. The van der Waals surface area contributed by atoms with Crippen LogP contribution in [0.3, 0.4) is 0 Å². The molecule has 2 nitrogen and oxygen atoms in total. The van der Waals surface area contributed by atoms with Crippen LogP contribution >= 0.6 is 23.4 Å². The van der Waals surface area contributed by atoms with Gasteiger partial charge in [-0.1, -0.05) is 29.4 Å². The Bertz CT molecular complexity index is 485. The molecule has 0 aliphatic heterocycles. The molecule has 0 saturated heterocycles. The van der Waals surface area contributed by atoms with Crippen LogP contribution in [0, 0.1) is 0 Å². The third kappa shape index (κ3) is 3.46. The lowest BCUT2D eigenvalue weighted by Gasteiger charge is -2.06. The maximum absolute atomic E-state index is 5.85. The second-order valence-corrected chi connectivity index (χ2v) is 5.06. The fourth-order valence-electron chi connectivity index (χ4n) is 1.48. The standard InChI is InChI=1S/C13H13ClN2S/c14-11-3-5-12(6-4-11)17-13-10(7-8-15)2-1-9-16-13/h1-6,9H,7-8,15H2. The molecule has 0 radical (unpaired) electrons. The zero-order chi connectivity index (χ0) is 12.1. The summed E-state index contributed by atoms with van der Waals surface area (Å²) in [5, 5.41) is 1.76. The highest BCUT2D eigenvalue weighted by atomic mass is 35.5. The van der Waals surface area contributed by atoms with Crippen molar-refractivity contribution >= 4 is 23.4 Å². The lowest BCUT2D eigenvalue weighted by atomic mass is 10.2. The largest absolute Gasteiger partial charge is 0.330 e. The lowest BCUT2D eigenvalue weighted by molar-refractivity contribution is 0.911. The number of pyridine rings is 1. The molecule has 0 unspecified atom stereocenters. The molecule has 1 heterocycles. The summed E-state index contributed by atoms with van der Waals surface area (Å²) in [6, 6.07) is 11.8. The van der Waals surface area contributed by atoms with Crippen LogP contribution in [0.1, 0.15) is 5.56 Å². The number of aromatic nitrogens is 1. The highest BCUT2D eigenvalue weighted by molar-refractivity contribution is 7.99. The summed E-state index contributed by atoms with van der Waals surface area (Å²) < 4.78 is 0. The molecule has 0 aliphatic rings. The second kappa shape index (κ2) is 6.05. The third-order valence-corrected chi connectivity index (χ3v) is 3.61. The second-order valence-electron chi connectivity index (χ2n) is 3.56. The summed E-state index contributed by atoms with van der Waals surface area (Å²) in [6.07, 6.45) is 2.65. The first-order valence-corrected chi connectivity index (χ1v) is 6.56. The normalized spacial score (nSPS) is 10.5. The summed E-state index contributed by atoms with van der Waals surface area (Å²) in [6.45, 7) is 0.639. The average Bonchev–Trinajstić information content (AvgIpc) is 2.35. The van der Waals surface area contributed by atoms with Crippen LogP contribution in [0.2, 0.25) is 5.02 Å². The van der Waals surface area contributed by atoms with E-state index in [1.165, 1.54) is 5.56 Å². The number of hydrogen-bond acceptors (Lipinski definition) is 3. The van der Waals surface area contributed by atoms with Crippen molar-refractivity contribution in [2.75, 3.05) is 6.54 Å². The molecule has 2 N–H and O–H groups in total. The summed E-state index contributed by atoms with van der Waals surface area (Å²) in [7, 11) is 0. The molecule has 0 amide bonds. The Labute approximate surface area is 110 Å². The molecule has 0 aliphatic carbocycles. The van der Waals surface area contributed by atoms with Gasteiger partial charge in [-0.05, 0) is 48.9 Å². The molecule has 0 atom stereocenters. The van der Waals surface area contributed by atoms with E-state index in [1.807, 2.05) is 30.3 Å². The van der Waals surface area contributed by atoms with Crippen LogP contribution in [0.15, 0.2) is 52.5 Å². The van der Waals surface area contributed by atoms with Gasteiger partial charge < -0.3 is 5.73 Å². The molecule has 0 spiro atoms. The first-order valence-electron chi connectivity index (χ1n) is 5.37. The highest BCUT2D eigenvalue weighted by Gasteiger charge is 2.04. The van der Waals surface area contributed by atoms with Crippen molar-refractivity contribution in [1.29, 1.82) is 0 Å². The third-order valence-electron chi connectivity index (χ3n) is 2.29. The topological polar surface area (TPSA) is 38.9 Å². The van der Waals surface area contributed by atoms with E-state index in [4.69, 9.17) is 17.3 Å². The molecule has 1 aromatic heterocycles. The van der Waals surface area contributed by atoms with Crippen molar-refractivity contribution in [2.45, 2.75) is 16.3 Å². The molecule has 2 aromatic rings. The van der Waals surface area contributed by atoms with Gasteiger partial charge in [0.1, 0.15) is 5.03 Å². The van der Waals surface area contributed by atoms with E-state index in [-0.39, 0.29) is 0 Å². The van der Waals surface area contributed by atoms with E-state index in [0.29, 0.717) is 6.54 Å². The van der Waals surface area contributed by atoms with Crippen molar-refractivity contribution < 1.29 is 0 Å². The van der Waals surface area contributed by atoms with Crippen molar-refractivity contribution in [2.24, 2.45) is 5.73 Å². The molecular formula is C13H13ClN2S. The van der Waals surface area contributed by atoms with Gasteiger partial charge in [-0.2, -0.15) is 0 Å². The smallest absolute Gasteiger partial charge is 0.104 e. The number of halogens is 1. The Morgan fingerprint density at radius 1 is 1.18 bits per heavy atom. The minimum atomic E-state index is 0.639. The minimum absolute atomic E-state index is 0.639. The number of nitrogens with two attached hydrogens (primary N) is 1. The first kappa shape index (κ1) is 12.4. The zero-order valence-corrected chi connectivity index (χ0v) is 10.8. The average molecular weight is 265 g/mol. The predicted octanol–water partition coefficient (Wildman–Crippen LogP) is 3.39. The quantitative estimate of drug-likeness (QED) is 0.920. The molecule has 0 bridgehead atoms. The summed E-state index contributed by atoms with van der Waals surface area (Å²) in [5.41, 5.74) is 6.78. The van der Waals surface area contributed by atoms with E-state index >= 15 is 0 Å². The zero-order valence-electron chi connectivity index (χ0n) is 9.27. The number of nitrogens with zero attached hydrogens (tertiary/aromatic N) is 1. The van der Waals surface area contributed by atoms with Crippen molar-refractivity contribution in [3.63, 3.8) is 0 Å². The molecule has 2 rings (SSSR count). The summed E-state index contributed by atoms with van der Waals surface area (Å²) in [4.78, 5) is 5.52. The summed E-state index contributed by atoms with van der Waals surface area (Å²) in [5.74, 6) is 0. The van der Waals surface area contributed by atoms with Gasteiger partial charge in [0.25, 0.3) is 0 Å². The van der Waals surface area contributed by atoms with Gasteiger partial charge in [-0.25, -0.2) is 4.98 Å². The van der Waals surface area contributed by atoms with Crippen LogP contribution in [-0.4, -0.2) is 11.5 Å². The van der Waals surface area contributed by atoms with Crippen molar-refractivity contribution in [3.05, 3.63) is 53.2 Å². The Balaban J connectivity index is 2.20. The maximum atomic E-state index is 5.85. The number of hydrogen-bond donors (Lipinski definition) is 1. The Morgan fingerprint density at radius 3 is 2.65 bits per heavy atom. The van der Waals surface area contributed by atoms with Crippen LogP contribution < -0.4 is 5.73 Å². The monoisotopic (exact) mass is 264 g/mol. The predicted molar refractivity (Wildman–Crippen MR) is 72.6 cm³/mol. The maximum Gasteiger partial charge on any atom is 0.104 e. The van der Waals surface area contributed by atoms with Crippen LogP contribution in [0.5, 0.6) is 0 Å². The SMILES string of the molecule is NCCc1cccnc1Sc1ccc(Cl)cc1. The number of benzene rings is 1. The number of rotatable bonds is 4. The Morgan fingerprint density at radius 2 is 1.94 bits per heavy atom. The van der Waals surface area contributed by atoms with Gasteiger partial charge in [-0.3, -0.25) is 0 Å². The van der Waals surface area contributed by atoms with Crippen LogP contribution in [0.25, 0.3) is 0 Å². The van der Waals surface area contributed by atoms with Crippen molar-refractivity contribution in [1.82, 2.24) is 4.98 Å². The van der Waals surface area contributed by atoms with Gasteiger partial charge >= 0.3 is 0 Å². The molecular weight excluding hydrogens is 252 g/mol. The van der Waals surface area contributed by atoms with Crippen LogP contribution in [-0.2, 0) is 6.42 Å². The molecule has 88 valence electrons. The fourth-order valence-corrected chi connectivity index (χ4v) is 2.51. The van der Waals surface area contributed by atoms with Gasteiger partial charge in [0.15, 0.2) is 0 Å². The first-order chi connectivity index (χ1) is 8.29. The van der Waals surface area contributed by atoms with E-state index in [0.717, 1.165) is 21.4 Å². The van der Waals surface area contributed by atoms with Crippen molar-refractivity contribution in [3.8, 4) is 0 Å². The van der Waals surface area contributed by atoms with Gasteiger partial charge in [-0.15, -0.1) is 0 Å². The van der Waals surface area contributed by atoms with Crippen LogP contribution in [0.4, 0.5) is 0 Å². The molecule has 1 aromatic carbocycles. The molecule has 17 heavy (non-hydrogen) atoms. The highest BCUT2D eigenvalue weighted by Crippen LogP contribution is 2.29. The van der Waals surface area contributed by atoms with E-state index in [2.05, 4.69) is 11.1 Å². The van der Waals surface area contributed by atoms with Gasteiger partial charge in [0, 0.05) is 16.1 Å². The van der Waals surface area contributed by atoms with E-state index in [9.17, 15) is 0 Å². The van der Waals surface area contributed by atoms with Gasteiger partial charge in [0.05, 0.1) is 0 Å². The van der Waals surface area contributed by atoms with E-state index in [1.54, 1.807) is 18.0 Å². The fraction of sp³-hybridized carbons (Fsp3) is 0.154. The summed E-state index contributed by atoms with van der Waals surface area (Å²) >= 11 is 7.49. The Hall–Kier alpha value is -1.03.